The Kier molecular flexibility index (Phi) is 8.30. The highest BCUT2D eigenvalue weighted by molar-refractivity contribution is 6.47. The summed E-state index contributed by atoms with van der Waals surface area (Å²) in [6, 6.07) is 14.8. The molecule has 40 heavy (non-hydrogen) atoms. The van der Waals surface area contributed by atoms with E-state index in [-0.39, 0.29) is 24.4 Å². The third-order valence-electron chi connectivity index (χ3n) is 8.31. The smallest absolute Gasteiger partial charge is 0.275 e. The fraction of sp³-hybridized carbons (Fsp3) is 0.467. The Morgan fingerprint density at radius 3 is 2.42 bits per heavy atom. The van der Waals surface area contributed by atoms with Crippen molar-refractivity contribution in [2.24, 2.45) is 16.8 Å². The minimum absolute atomic E-state index is 0.0364. The molecule has 2 amide bonds. The van der Waals surface area contributed by atoms with E-state index in [2.05, 4.69) is 51.6 Å². The Labute approximate surface area is 239 Å². The van der Waals surface area contributed by atoms with Crippen molar-refractivity contribution in [3.05, 3.63) is 76.1 Å². The van der Waals surface area contributed by atoms with Gasteiger partial charge in [0.1, 0.15) is 11.4 Å². The molecule has 10 heteroatoms. The summed E-state index contributed by atoms with van der Waals surface area (Å²) in [6.45, 7) is 6.88. The molecule has 1 spiro atoms. The molecule has 1 unspecified atom stereocenters. The number of aromatic nitrogens is 4. The average Bonchev–Trinajstić information content (AvgIpc) is 3.58. The van der Waals surface area contributed by atoms with E-state index in [1.807, 2.05) is 48.5 Å². The number of rotatable bonds is 9. The first-order chi connectivity index (χ1) is 19.3. The number of aromatic amines is 1. The summed E-state index contributed by atoms with van der Waals surface area (Å²) in [5.41, 5.74) is 2.27. The topological polar surface area (TPSA) is 116 Å². The molecule has 2 aromatic carbocycles. The minimum atomic E-state index is -0.572. The second kappa shape index (κ2) is 11.9. The summed E-state index contributed by atoms with van der Waals surface area (Å²) in [5.74, 6) is 1.39. The third kappa shape index (κ3) is 5.66. The van der Waals surface area contributed by atoms with Crippen molar-refractivity contribution in [3.8, 4) is 0 Å². The maximum absolute atomic E-state index is 14.2. The highest BCUT2D eigenvalue weighted by Gasteiger charge is 2.51. The Bertz CT molecular complexity index is 1350. The molecule has 1 aliphatic carbocycles. The number of halogens is 1. The highest BCUT2D eigenvalue weighted by atomic mass is 35.5. The van der Waals surface area contributed by atoms with Crippen LogP contribution in [-0.4, -0.2) is 48.7 Å². The van der Waals surface area contributed by atoms with Crippen LogP contribution in [0, 0.1) is 11.8 Å². The molecule has 210 valence electrons. The van der Waals surface area contributed by atoms with Gasteiger partial charge in [-0.05, 0) is 73.8 Å². The Balaban J connectivity index is 1.44. The molecule has 0 radical (unpaired) electrons. The average molecular weight is 562 g/mol. The number of aliphatic imine (C=N–C) groups is 1. The number of hydrogen-bond acceptors (Lipinski definition) is 6. The summed E-state index contributed by atoms with van der Waals surface area (Å²) in [6.07, 6.45) is 5.47. The van der Waals surface area contributed by atoms with Crippen LogP contribution in [0.2, 0.25) is 5.02 Å². The number of tetrazole rings is 1. The molecule has 5 rings (SSSR count). The van der Waals surface area contributed by atoms with Crippen LogP contribution < -0.4 is 5.32 Å². The Morgan fingerprint density at radius 1 is 1.12 bits per heavy atom. The molecule has 3 aromatic rings. The molecule has 1 fully saturated rings. The number of nitrogens with one attached hydrogen (secondary N) is 2. The molecular formula is C30H36ClN7O2. The molecule has 1 atom stereocenters. The lowest BCUT2D eigenvalue weighted by molar-refractivity contribution is -0.133. The predicted molar refractivity (Wildman–Crippen MR) is 154 cm³/mol. The van der Waals surface area contributed by atoms with Crippen LogP contribution in [-0.2, 0) is 11.3 Å². The first-order valence-corrected chi connectivity index (χ1v) is 14.5. The Morgan fingerprint density at radius 2 is 1.82 bits per heavy atom. The quantitative estimate of drug-likeness (QED) is 0.358. The molecule has 2 heterocycles. The van der Waals surface area contributed by atoms with Crippen LogP contribution >= 0.6 is 11.6 Å². The SMILES string of the molecule is CCCC(c1ccc(C(=O)NCc2nn[nH]n2)cc1)N1C(=O)C(c2ccc(Cl)cc2)=NC12CCC(C(C)C)CC2. The second-order valence-electron chi connectivity index (χ2n) is 11.1. The molecule has 2 aliphatic rings. The van der Waals surface area contributed by atoms with E-state index in [4.69, 9.17) is 16.6 Å². The summed E-state index contributed by atoms with van der Waals surface area (Å²) in [5, 5.41) is 17.0. The monoisotopic (exact) mass is 561 g/mol. The maximum Gasteiger partial charge on any atom is 0.275 e. The molecule has 0 saturated heterocycles. The molecule has 1 aliphatic heterocycles. The predicted octanol–water partition coefficient (Wildman–Crippen LogP) is 5.50. The zero-order chi connectivity index (χ0) is 28.3. The van der Waals surface area contributed by atoms with E-state index in [1.165, 1.54) is 0 Å². The van der Waals surface area contributed by atoms with Gasteiger partial charge in [0.2, 0.25) is 0 Å². The highest BCUT2D eigenvalue weighted by Crippen LogP contribution is 2.48. The van der Waals surface area contributed by atoms with E-state index in [0.717, 1.165) is 49.7 Å². The van der Waals surface area contributed by atoms with Gasteiger partial charge >= 0.3 is 0 Å². The van der Waals surface area contributed by atoms with Gasteiger partial charge in [-0.1, -0.05) is 68.3 Å². The van der Waals surface area contributed by atoms with Gasteiger partial charge in [-0.2, -0.15) is 5.21 Å². The normalized spacial score (nSPS) is 21.6. The zero-order valence-corrected chi connectivity index (χ0v) is 24.0. The lowest BCUT2D eigenvalue weighted by Crippen LogP contribution is -2.51. The van der Waals surface area contributed by atoms with Crippen molar-refractivity contribution in [3.63, 3.8) is 0 Å². The molecule has 1 saturated carbocycles. The number of H-pyrrole nitrogens is 1. The van der Waals surface area contributed by atoms with Gasteiger partial charge in [0, 0.05) is 16.1 Å². The summed E-state index contributed by atoms with van der Waals surface area (Å²) < 4.78 is 0. The summed E-state index contributed by atoms with van der Waals surface area (Å²) in [4.78, 5) is 34.2. The number of hydrogen-bond donors (Lipinski definition) is 2. The van der Waals surface area contributed by atoms with E-state index in [1.54, 1.807) is 0 Å². The van der Waals surface area contributed by atoms with E-state index < -0.39 is 5.66 Å². The summed E-state index contributed by atoms with van der Waals surface area (Å²) in [7, 11) is 0. The number of benzene rings is 2. The van der Waals surface area contributed by atoms with Crippen molar-refractivity contribution < 1.29 is 9.59 Å². The first kappa shape index (κ1) is 28.0. The zero-order valence-electron chi connectivity index (χ0n) is 23.2. The maximum atomic E-state index is 14.2. The van der Waals surface area contributed by atoms with E-state index >= 15 is 0 Å². The minimum Gasteiger partial charge on any atom is -0.345 e. The first-order valence-electron chi connectivity index (χ1n) is 14.1. The van der Waals surface area contributed by atoms with Crippen LogP contribution in [0.4, 0.5) is 0 Å². The van der Waals surface area contributed by atoms with Crippen molar-refractivity contribution >= 4 is 29.1 Å². The number of carbonyl (C=O) groups excluding carboxylic acids is 2. The van der Waals surface area contributed by atoms with Crippen LogP contribution in [0.5, 0.6) is 0 Å². The summed E-state index contributed by atoms with van der Waals surface area (Å²) >= 11 is 6.15. The number of amides is 2. The standard InChI is InChI=1S/C30H36ClN7O2/c1-4-5-25(21-6-8-23(9-7-21)28(39)32-18-26-34-36-37-35-26)38-29(40)27(22-10-12-24(31)13-11-22)33-30(38)16-14-20(15-17-30)19(2)3/h6-13,19-20,25H,4-5,14-18H2,1-3H3,(H,32,39)(H,34,35,36,37). The lowest BCUT2D eigenvalue weighted by atomic mass is 9.76. The van der Waals surface area contributed by atoms with Crippen molar-refractivity contribution in [1.82, 2.24) is 30.8 Å². The van der Waals surface area contributed by atoms with Crippen LogP contribution in [0.15, 0.2) is 53.5 Å². The van der Waals surface area contributed by atoms with Gasteiger partial charge in [0.15, 0.2) is 5.82 Å². The van der Waals surface area contributed by atoms with Crippen molar-refractivity contribution in [2.45, 2.75) is 77.5 Å². The fourth-order valence-electron chi connectivity index (χ4n) is 6.06. The van der Waals surface area contributed by atoms with Gasteiger partial charge in [0.05, 0.1) is 12.6 Å². The van der Waals surface area contributed by atoms with E-state index in [9.17, 15) is 9.59 Å². The molecule has 1 aromatic heterocycles. The third-order valence-corrected chi connectivity index (χ3v) is 8.56. The molecule has 2 N–H and O–H groups in total. The lowest BCUT2D eigenvalue weighted by Gasteiger charge is -2.46. The second-order valence-corrected chi connectivity index (χ2v) is 11.6. The number of carbonyl (C=O) groups is 2. The molecule has 0 bridgehead atoms. The van der Waals surface area contributed by atoms with Crippen LogP contribution in [0.25, 0.3) is 0 Å². The largest absolute Gasteiger partial charge is 0.345 e. The van der Waals surface area contributed by atoms with Gasteiger partial charge < -0.3 is 10.2 Å². The van der Waals surface area contributed by atoms with Crippen molar-refractivity contribution in [2.75, 3.05) is 0 Å². The van der Waals surface area contributed by atoms with Gasteiger partial charge in [0.25, 0.3) is 11.8 Å². The van der Waals surface area contributed by atoms with Crippen LogP contribution in [0.3, 0.4) is 0 Å². The van der Waals surface area contributed by atoms with Gasteiger partial charge in [-0.3, -0.25) is 14.6 Å². The van der Waals surface area contributed by atoms with Gasteiger partial charge in [-0.15, -0.1) is 10.2 Å². The number of nitrogens with zero attached hydrogens (tertiary/aromatic N) is 5. The molecule has 9 nitrogen and oxygen atoms in total. The molecular weight excluding hydrogens is 526 g/mol. The van der Waals surface area contributed by atoms with Gasteiger partial charge in [-0.25, -0.2) is 0 Å². The van der Waals surface area contributed by atoms with Crippen LogP contribution in [0.1, 0.15) is 92.6 Å². The van der Waals surface area contributed by atoms with Crippen molar-refractivity contribution in [1.29, 1.82) is 0 Å². The fourth-order valence-corrected chi connectivity index (χ4v) is 6.18. The Hall–Kier alpha value is -3.59. The van der Waals surface area contributed by atoms with E-state index in [0.29, 0.717) is 34.0 Å².